The molecule has 0 saturated heterocycles. The Hall–Kier alpha value is -1.71. The van der Waals surface area contributed by atoms with E-state index in [1.807, 2.05) is 13.0 Å². The smallest absolute Gasteiger partial charge is 0.414 e. The molecular weight excluding hydrogens is 276 g/mol. The summed E-state index contributed by atoms with van der Waals surface area (Å²) in [5.74, 6) is 0.717. The number of methoxy groups -OCH3 is 1. The van der Waals surface area contributed by atoms with E-state index in [4.69, 9.17) is 10.5 Å². The van der Waals surface area contributed by atoms with Crippen LogP contribution in [0.2, 0.25) is 0 Å². The Morgan fingerprint density at radius 3 is 2.82 bits per heavy atom. The Balaban J connectivity index is 2.26. The van der Waals surface area contributed by atoms with Gasteiger partial charge in [-0.25, -0.2) is 4.79 Å². The van der Waals surface area contributed by atoms with Gasteiger partial charge in [-0.15, -0.1) is 0 Å². The van der Waals surface area contributed by atoms with E-state index in [1.54, 1.807) is 4.90 Å². The summed E-state index contributed by atoms with van der Waals surface area (Å²) in [6.45, 7) is 6.53. The van der Waals surface area contributed by atoms with Crippen LogP contribution in [0.4, 0.5) is 16.2 Å². The molecule has 0 aromatic heterocycles. The second-order valence-corrected chi connectivity index (χ2v) is 6.65. The molecule has 0 fully saturated rings. The molecule has 1 amide bonds. The number of nitrogens with two attached hydrogens (primary N) is 1. The molecule has 1 aromatic rings. The number of benzene rings is 1. The Labute approximate surface area is 133 Å². The lowest BCUT2D eigenvalue weighted by Crippen LogP contribution is -2.42. The number of carbonyl (C=O) groups is 1. The lowest BCUT2D eigenvalue weighted by atomic mass is 9.91. The Morgan fingerprint density at radius 1 is 1.45 bits per heavy atom. The quantitative estimate of drug-likeness (QED) is 0.850. The lowest BCUT2D eigenvalue weighted by molar-refractivity contribution is 0.175. The van der Waals surface area contributed by atoms with Crippen LogP contribution in [0.3, 0.4) is 0 Å². The number of aryl methyl sites for hydroxylation is 1. The molecule has 0 unspecified atom stereocenters. The number of amides is 1. The zero-order valence-electron chi connectivity index (χ0n) is 14.2. The number of ether oxygens (including phenoxy) is 1. The first-order valence-electron chi connectivity index (χ1n) is 8.23. The first-order valence-corrected chi connectivity index (χ1v) is 8.23. The van der Waals surface area contributed by atoms with Crippen LogP contribution >= 0.6 is 0 Å². The molecule has 1 aliphatic rings. The number of hydrogen-bond donors (Lipinski definition) is 1. The monoisotopic (exact) mass is 304 g/mol. The Bertz CT molecular complexity index is 540. The molecule has 0 aliphatic carbocycles. The molecule has 0 radical (unpaired) electrons. The van der Waals surface area contributed by atoms with Gasteiger partial charge in [0.15, 0.2) is 0 Å². The van der Waals surface area contributed by atoms with Gasteiger partial charge in [0, 0.05) is 11.7 Å². The van der Waals surface area contributed by atoms with Crippen LogP contribution in [0, 0.1) is 5.92 Å². The third-order valence-electron chi connectivity index (χ3n) is 4.53. The fourth-order valence-corrected chi connectivity index (χ4v) is 3.21. The highest BCUT2D eigenvalue weighted by molar-refractivity contribution is 5.91. The van der Waals surface area contributed by atoms with E-state index in [1.165, 1.54) is 19.1 Å². The molecule has 22 heavy (non-hydrogen) atoms. The molecule has 2 N–H and O–H groups in total. The van der Waals surface area contributed by atoms with Crippen LogP contribution in [0.25, 0.3) is 0 Å². The zero-order valence-corrected chi connectivity index (χ0v) is 14.2. The molecular formula is C18H28N2O2. The molecule has 4 nitrogen and oxygen atoms in total. The van der Waals surface area contributed by atoms with Gasteiger partial charge in [-0.3, -0.25) is 4.90 Å². The van der Waals surface area contributed by atoms with Crippen molar-refractivity contribution in [1.29, 1.82) is 0 Å². The number of hydrogen-bond acceptors (Lipinski definition) is 3. The zero-order chi connectivity index (χ0) is 16.3. The minimum atomic E-state index is -0.305. The van der Waals surface area contributed by atoms with Crippen molar-refractivity contribution in [1.82, 2.24) is 0 Å². The average molecular weight is 304 g/mol. The minimum Gasteiger partial charge on any atom is -0.452 e. The molecule has 1 atom stereocenters. The van der Waals surface area contributed by atoms with E-state index in [0.29, 0.717) is 0 Å². The maximum atomic E-state index is 12.0. The third-order valence-corrected chi connectivity index (χ3v) is 4.53. The summed E-state index contributed by atoms with van der Waals surface area (Å²) in [5, 5.41) is 0. The van der Waals surface area contributed by atoms with Gasteiger partial charge >= 0.3 is 6.09 Å². The van der Waals surface area contributed by atoms with Crippen molar-refractivity contribution in [3.63, 3.8) is 0 Å². The second-order valence-electron chi connectivity index (χ2n) is 6.65. The van der Waals surface area contributed by atoms with Gasteiger partial charge in [-0.05, 0) is 55.7 Å². The molecule has 1 heterocycles. The van der Waals surface area contributed by atoms with E-state index >= 15 is 0 Å². The van der Waals surface area contributed by atoms with Gasteiger partial charge in [0.05, 0.1) is 12.8 Å². The van der Waals surface area contributed by atoms with Crippen molar-refractivity contribution < 1.29 is 9.53 Å². The molecule has 1 aromatic carbocycles. The summed E-state index contributed by atoms with van der Waals surface area (Å²) in [7, 11) is 1.42. The van der Waals surface area contributed by atoms with Crippen molar-refractivity contribution >= 4 is 17.5 Å². The largest absolute Gasteiger partial charge is 0.452 e. The SMILES string of the molecule is COC(=O)N1c2ccc(CCCC(C)C)c(N)c2CC[C@@H]1C. The fraction of sp³-hybridized carbons (Fsp3) is 0.611. The van der Waals surface area contributed by atoms with E-state index in [2.05, 4.69) is 19.9 Å². The van der Waals surface area contributed by atoms with Crippen LogP contribution in [-0.4, -0.2) is 19.2 Å². The predicted octanol–water partition coefficient (Wildman–Crippen LogP) is 4.16. The molecule has 0 bridgehead atoms. The van der Waals surface area contributed by atoms with Gasteiger partial charge < -0.3 is 10.5 Å². The van der Waals surface area contributed by atoms with Gasteiger partial charge in [0.2, 0.25) is 0 Å². The van der Waals surface area contributed by atoms with Crippen molar-refractivity contribution in [2.24, 2.45) is 5.92 Å². The average Bonchev–Trinajstić information content (AvgIpc) is 2.48. The van der Waals surface area contributed by atoms with Crippen molar-refractivity contribution in [3.8, 4) is 0 Å². The number of fused-ring (bicyclic) bond motifs is 1. The third kappa shape index (κ3) is 3.37. The van der Waals surface area contributed by atoms with Gasteiger partial charge in [0.25, 0.3) is 0 Å². The molecule has 0 spiro atoms. The fourth-order valence-electron chi connectivity index (χ4n) is 3.21. The summed E-state index contributed by atoms with van der Waals surface area (Å²) in [5.41, 5.74) is 10.5. The standard InChI is InChI=1S/C18H28N2O2/c1-12(2)6-5-7-14-9-11-16-15(17(14)19)10-8-13(3)20(16)18(21)22-4/h9,11-13H,5-8,10,19H2,1-4H3/t13-/m0/s1. The minimum absolute atomic E-state index is 0.145. The highest BCUT2D eigenvalue weighted by Crippen LogP contribution is 2.37. The molecule has 0 saturated carbocycles. The van der Waals surface area contributed by atoms with Gasteiger partial charge in [-0.2, -0.15) is 0 Å². The molecule has 122 valence electrons. The Morgan fingerprint density at radius 2 is 2.18 bits per heavy atom. The summed E-state index contributed by atoms with van der Waals surface area (Å²) in [6, 6.07) is 4.25. The maximum Gasteiger partial charge on any atom is 0.414 e. The van der Waals surface area contributed by atoms with E-state index < -0.39 is 0 Å². The Kier molecular flexibility index (Phi) is 5.33. The molecule has 2 rings (SSSR count). The number of nitrogens with zero attached hydrogens (tertiary/aromatic N) is 1. The highest BCUT2D eigenvalue weighted by atomic mass is 16.5. The van der Waals surface area contributed by atoms with Crippen molar-refractivity contribution in [3.05, 3.63) is 23.3 Å². The first-order chi connectivity index (χ1) is 10.5. The number of carbonyl (C=O) groups excluding carboxylic acids is 1. The maximum absolute atomic E-state index is 12.0. The van der Waals surface area contributed by atoms with Crippen molar-refractivity contribution in [2.75, 3.05) is 17.7 Å². The first kappa shape index (κ1) is 16.7. The highest BCUT2D eigenvalue weighted by Gasteiger charge is 2.30. The lowest BCUT2D eigenvalue weighted by Gasteiger charge is -2.35. The van der Waals surface area contributed by atoms with Crippen LogP contribution < -0.4 is 10.6 Å². The van der Waals surface area contributed by atoms with Crippen molar-refractivity contribution in [2.45, 2.75) is 58.9 Å². The number of rotatable bonds is 4. The predicted molar refractivity (Wildman–Crippen MR) is 91.3 cm³/mol. The summed E-state index contributed by atoms with van der Waals surface area (Å²) < 4.78 is 4.92. The summed E-state index contributed by atoms with van der Waals surface area (Å²) in [4.78, 5) is 13.8. The summed E-state index contributed by atoms with van der Waals surface area (Å²) >= 11 is 0. The topological polar surface area (TPSA) is 55.6 Å². The molecule has 4 heteroatoms. The molecule has 1 aliphatic heterocycles. The van der Waals surface area contributed by atoms with Gasteiger partial charge in [-0.1, -0.05) is 26.3 Å². The van der Waals surface area contributed by atoms with E-state index in [-0.39, 0.29) is 12.1 Å². The van der Waals surface area contributed by atoms with Gasteiger partial charge in [0.1, 0.15) is 0 Å². The number of nitrogen functional groups attached to an aromatic ring is 1. The number of anilines is 2. The van der Waals surface area contributed by atoms with E-state index in [0.717, 1.165) is 48.5 Å². The summed E-state index contributed by atoms with van der Waals surface area (Å²) in [6.07, 6.45) is 4.90. The van der Waals surface area contributed by atoms with Crippen LogP contribution in [-0.2, 0) is 17.6 Å². The van der Waals surface area contributed by atoms with Crippen LogP contribution in [0.15, 0.2) is 12.1 Å². The second kappa shape index (κ2) is 7.03. The normalized spacial score (nSPS) is 17.5. The van der Waals surface area contributed by atoms with E-state index in [9.17, 15) is 4.79 Å². The van der Waals surface area contributed by atoms with Crippen LogP contribution in [0.5, 0.6) is 0 Å². The van der Waals surface area contributed by atoms with Crippen LogP contribution in [0.1, 0.15) is 51.2 Å².